The highest BCUT2D eigenvalue weighted by Gasteiger charge is 2.26. The van der Waals surface area contributed by atoms with Crippen molar-refractivity contribution in [3.05, 3.63) is 6.07 Å². The maximum Gasteiger partial charge on any atom is 0.162 e. The minimum atomic E-state index is 0.219. The number of thioether (sulfide) groups is 1. The van der Waals surface area contributed by atoms with Crippen LogP contribution in [0.2, 0.25) is 0 Å². The molecule has 0 saturated carbocycles. The highest BCUT2D eigenvalue weighted by molar-refractivity contribution is 7.99. The molecule has 1 aliphatic heterocycles. The van der Waals surface area contributed by atoms with E-state index in [0.29, 0.717) is 22.9 Å². The van der Waals surface area contributed by atoms with Crippen LogP contribution in [0.3, 0.4) is 0 Å². The third kappa shape index (κ3) is 2.46. The van der Waals surface area contributed by atoms with Crippen molar-refractivity contribution < 1.29 is 9.47 Å². The van der Waals surface area contributed by atoms with Gasteiger partial charge in [0.05, 0.1) is 17.7 Å². The fourth-order valence-corrected chi connectivity index (χ4v) is 3.14. The van der Waals surface area contributed by atoms with Gasteiger partial charge in [0.15, 0.2) is 5.75 Å². The van der Waals surface area contributed by atoms with Crippen molar-refractivity contribution in [3.8, 4) is 11.5 Å². The Labute approximate surface area is 112 Å². The van der Waals surface area contributed by atoms with Gasteiger partial charge in [-0.2, -0.15) is 0 Å². The zero-order valence-electron chi connectivity index (χ0n) is 10.9. The SMILES string of the molecule is CCCCC1CSc2c(N)cc(OC)c(N)c2O1. The Bertz CT molecular complexity index is 437. The molecule has 1 unspecified atom stereocenters. The van der Waals surface area contributed by atoms with Crippen molar-refractivity contribution in [2.45, 2.75) is 37.2 Å². The van der Waals surface area contributed by atoms with Crippen LogP contribution < -0.4 is 20.9 Å². The monoisotopic (exact) mass is 268 g/mol. The summed E-state index contributed by atoms with van der Waals surface area (Å²) in [7, 11) is 1.59. The Morgan fingerprint density at radius 1 is 1.50 bits per heavy atom. The van der Waals surface area contributed by atoms with Crippen LogP contribution in [0.5, 0.6) is 11.5 Å². The first kappa shape index (κ1) is 13.2. The van der Waals surface area contributed by atoms with Gasteiger partial charge in [-0.05, 0) is 6.42 Å². The molecule has 0 fully saturated rings. The molecule has 1 atom stereocenters. The average molecular weight is 268 g/mol. The summed E-state index contributed by atoms with van der Waals surface area (Å²) in [5, 5.41) is 0. The zero-order chi connectivity index (χ0) is 13.1. The quantitative estimate of drug-likeness (QED) is 0.822. The normalized spacial score (nSPS) is 18.0. The number of nitrogen functional groups attached to an aromatic ring is 2. The van der Waals surface area contributed by atoms with Crippen molar-refractivity contribution >= 4 is 23.1 Å². The van der Waals surface area contributed by atoms with Crippen molar-refractivity contribution in [1.82, 2.24) is 0 Å². The van der Waals surface area contributed by atoms with Crippen LogP contribution in [0, 0.1) is 0 Å². The number of unbranched alkanes of at least 4 members (excludes halogenated alkanes) is 1. The predicted octanol–water partition coefficient (Wildman–Crippen LogP) is 2.90. The molecule has 0 saturated heterocycles. The third-order valence-electron chi connectivity index (χ3n) is 3.06. The molecular weight excluding hydrogens is 248 g/mol. The van der Waals surface area contributed by atoms with Gasteiger partial charge < -0.3 is 20.9 Å². The lowest BCUT2D eigenvalue weighted by molar-refractivity contribution is 0.203. The minimum absolute atomic E-state index is 0.219. The second-order valence-corrected chi connectivity index (χ2v) is 5.46. The molecule has 1 aromatic rings. The maximum atomic E-state index is 6.06. The zero-order valence-corrected chi connectivity index (χ0v) is 11.7. The van der Waals surface area contributed by atoms with E-state index in [2.05, 4.69) is 6.92 Å². The number of ether oxygens (including phenoxy) is 2. The van der Waals surface area contributed by atoms with E-state index < -0.39 is 0 Å². The highest BCUT2D eigenvalue weighted by atomic mass is 32.2. The van der Waals surface area contributed by atoms with E-state index >= 15 is 0 Å². The number of rotatable bonds is 4. The van der Waals surface area contributed by atoms with Gasteiger partial charge in [0.1, 0.15) is 17.5 Å². The second kappa shape index (κ2) is 5.61. The molecule has 0 spiro atoms. The number of fused-ring (bicyclic) bond motifs is 1. The van der Waals surface area contributed by atoms with E-state index in [1.807, 2.05) is 0 Å². The standard InChI is InChI=1S/C13H20N2O2S/c1-3-4-5-8-7-18-13-9(14)6-10(16-2)11(15)12(13)17-8/h6,8H,3-5,7,14-15H2,1-2H3. The predicted molar refractivity (Wildman–Crippen MR) is 76.5 cm³/mol. The van der Waals surface area contributed by atoms with E-state index in [1.54, 1.807) is 24.9 Å². The van der Waals surface area contributed by atoms with E-state index in [9.17, 15) is 0 Å². The van der Waals surface area contributed by atoms with Crippen molar-refractivity contribution in [2.75, 3.05) is 24.3 Å². The van der Waals surface area contributed by atoms with Gasteiger partial charge in [-0.15, -0.1) is 11.8 Å². The summed E-state index contributed by atoms with van der Waals surface area (Å²) in [6.07, 6.45) is 3.61. The van der Waals surface area contributed by atoms with Crippen LogP contribution in [-0.2, 0) is 0 Å². The first-order valence-corrected chi connectivity index (χ1v) is 7.21. The molecule has 4 nitrogen and oxygen atoms in total. The number of hydrogen-bond donors (Lipinski definition) is 2. The summed E-state index contributed by atoms with van der Waals surface area (Å²) < 4.78 is 11.2. The first-order valence-electron chi connectivity index (χ1n) is 6.22. The lowest BCUT2D eigenvalue weighted by Gasteiger charge is -2.28. The van der Waals surface area contributed by atoms with Gasteiger partial charge in [0.2, 0.25) is 0 Å². The highest BCUT2D eigenvalue weighted by Crippen LogP contribution is 2.48. The van der Waals surface area contributed by atoms with Gasteiger partial charge in [-0.25, -0.2) is 0 Å². The van der Waals surface area contributed by atoms with Crippen LogP contribution in [0.1, 0.15) is 26.2 Å². The second-order valence-electron chi connectivity index (χ2n) is 4.43. The lowest BCUT2D eigenvalue weighted by Crippen LogP contribution is -2.24. The van der Waals surface area contributed by atoms with E-state index in [1.165, 1.54) is 12.8 Å². The minimum Gasteiger partial charge on any atom is -0.494 e. The van der Waals surface area contributed by atoms with Crippen molar-refractivity contribution in [3.63, 3.8) is 0 Å². The topological polar surface area (TPSA) is 70.5 Å². The molecule has 2 rings (SSSR count). The molecule has 4 N–H and O–H groups in total. The molecule has 1 heterocycles. The van der Waals surface area contributed by atoms with Crippen LogP contribution in [0.4, 0.5) is 11.4 Å². The van der Waals surface area contributed by atoms with Crippen molar-refractivity contribution in [2.24, 2.45) is 0 Å². The first-order chi connectivity index (χ1) is 8.67. The number of methoxy groups -OCH3 is 1. The van der Waals surface area contributed by atoms with Gasteiger partial charge in [0, 0.05) is 11.8 Å². The molecule has 0 bridgehead atoms. The van der Waals surface area contributed by atoms with Gasteiger partial charge in [-0.1, -0.05) is 19.8 Å². The van der Waals surface area contributed by atoms with Gasteiger partial charge in [0.25, 0.3) is 0 Å². The van der Waals surface area contributed by atoms with E-state index in [0.717, 1.165) is 17.1 Å². The Morgan fingerprint density at radius 2 is 2.28 bits per heavy atom. The fourth-order valence-electron chi connectivity index (χ4n) is 2.04. The Kier molecular flexibility index (Phi) is 4.11. The summed E-state index contributed by atoms with van der Waals surface area (Å²) in [5.74, 6) is 2.22. The molecule has 1 aromatic carbocycles. The average Bonchev–Trinajstić information content (AvgIpc) is 2.40. The third-order valence-corrected chi connectivity index (χ3v) is 4.31. The van der Waals surface area contributed by atoms with Crippen LogP contribution in [-0.4, -0.2) is 19.0 Å². The number of anilines is 2. The van der Waals surface area contributed by atoms with Crippen molar-refractivity contribution in [1.29, 1.82) is 0 Å². The van der Waals surface area contributed by atoms with E-state index in [4.69, 9.17) is 20.9 Å². The number of hydrogen-bond acceptors (Lipinski definition) is 5. The summed E-state index contributed by atoms with van der Waals surface area (Å²) in [6.45, 7) is 2.18. The maximum absolute atomic E-state index is 6.06. The molecule has 18 heavy (non-hydrogen) atoms. The molecular formula is C13H20N2O2S. The van der Waals surface area contributed by atoms with Crippen LogP contribution in [0.25, 0.3) is 0 Å². The summed E-state index contributed by atoms with van der Waals surface area (Å²) in [5.41, 5.74) is 13.3. The largest absolute Gasteiger partial charge is 0.494 e. The Morgan fingerprint density at radius 3 is 2.94 bits per heavy atom. The van der Waals surface area contributed by atoms with Crippen LogP contribution in [0.15, 0.2) is 11.0 Å². The van der Waals surface area contributed by atoms with Gasteiger partial charge >= 0.3 is 0 Å². The van der Waals surface area contributed by atoms with E-state index in [-0.39, 0.29) is 6.10 Å². The molecule has 0 amide bonds. The van der Waals surface area contributed by atoms with Crippen LogP contribution >= 0.6 is 11.8 Å². The fraction of sp³-hybridized carbons (Fsp3) is 0.538. The Hall–Kier alpha value is -1.23. The number of nitrogens with two attached hydrogens (primary N) is 2. The molecule has 5 heteroatoms. The molecule has 0 radical (unpaired) electrons. The summed E-state index contributed by atoms with van der Waals surface area (Å²) in [6, 6.07) is 1.76. The molecule has 1 aliphatic rings. The summed E-state index contributed by atoms with van der Waals surface area (Å²) >= 11 is 1.72. The smallest absolute Gasteiger partial charge is 0.162 e. The van der Waals surface area contributed by atoms with Gasteiger partial charge in [-0.3, -0.25) is 0 Å². The Balaban J connectivity index is 2.27. The lowest BCUT2D eigenvalue weighted by atomic mass is 10.1. The molecule has 0 aliphatic carbocycles. The molecule has 0 aromatic heterocycles. The molecule has 100 valence electrons. The summed E-state index contributed by atoms with van der Waals surface area (Å²) in [4.78, 5) is 0.945. The number of benzene rings is 1.